The third-order valence-corrected chi connectivity index (χ3v) is 17.0. The zero-order valence-electron chi connectivity index (χ0n) is 23.8. The maximum absolute atomic E-state index is 13.1. The summed E-state index contributed by atoms with van der Waals surface area (Å²) in [7, 11) is -3.37. The van der Waals surface area contributed by atoms with E-state index in [1.54, 1.807) is 0 Å². The van der Waals surface area contributed by atoms with Gasteiger partial charge in [-0.15, -0.1) is 0 Å². The molecule has 186 valence electrons. The largest absolute Gasteiger partial charge is 0.465 e. The zero-order valence-corrected chi connectivity index (χ0v) is 25.8. The lowest BCUT2D eigenvalue weighted by Crippen LogP contribution is -2.52. The average Bonchev–Trinajstić information content (AvgIpc) is 2.55. The van der Waals surface area contributed by atoms with Gasteiger partial charge in [0, 0.05) is 5.73 Å². The van der Waals surface area contributed by atoms with Crippen molar-refractivity contribution in [1.29, 1.82) is 0 Å². The van der Waals surface area contributed by atoms with E-state index in [0.29, 0.717) is 12.3 Å². The van der Waals surface area contributed by atoms with Crippen LogP contribution in [0.25, 0.3) is 0 Å². The molecule has 0 amide bonds. The molecule has 5 heteroatoms. The summed E-state index contributed by atoms with van der Waals surface area (Å²) >= 11 is 0. The van der Waals surface area contributed by atoms with Gasteiger partial charge in [0.1, 0.15) is 0 Å². The number of rotatable bonds is 11. The van der Waals surface area contributed by atoms with Crippen LogP contribution in [-0.2, 0) is 14.0 Å². The Morgan fingerprint density at radius 3 is 1.77 bits per heavy atom. The normalized spacial score (nSPS) is 17.3. The molecule has 0 aliphatic rings. The summed E-state index contributed by atoms with van der Waals surface area (Å²) < 4.78 is 12.7. The first-order valence-electron chi connectivity index (χ1n) is 12.4. The van der Waals surface area contributed by atoms with Gasteiger partial charge in [-0.25, -0.2) is 0 Å². The maximum Gasteiger partial charge on any atom is 0.312 e. The minimum absolute atomic E-state index is 0.0445. The Balaban J connectivity index is 4.98. The van der Waals surface area contributed by atoms with Crippen molar-refractivity contribution >= 4 is 22.4 Å². The van der Waals surface area contributed by atoms with Gasteiger partial charge in [-0.2, -0.15) is 0 Å². The number of carbonyl (C=O) groups excluding carboxylic acids is 1. The van der Waals surface area contributed by atoms with Gasteiger partial charge in [0.15, 0.2) is 8.32 Å². The van der Waals surface area contributed by atoms with Crippen molar-refractivity contribution < 1.29 is 14.0 Å². The van der Waals surface area contributed by atoms with E-state index in [-0.39, 0.29) is 21.8 Å². The van der Waals surface area contributed by atoms with Gasteiger partial charge in [-0.3, -0.25) is 4.79 Å². The van der Waals surface area contributed by atoms with Crippen LogP contribution >= 0.6 is 0 Å². The van der Waals surface area contributed by atoms with Crippen molar-refractivity contribution in [3.63, 3.8) is 0 Å². The average molecular weight is 473 g/mol. The van der Waals surface area contributed by atoms with Crippen LogP contribution in [0.15, 0.2) is 0 Å². The zero-order chi connectivity index (χ0) is 25.1. The van der Waals surface area contributed by atoms with E-state index in [1.165, 1.54) is 0 Å². The highest BCUT2D eigenvalue weighted by Gasteiger charge is 2.48. The first kappa shape index (κ1) is 30.9. The number of hydrogen-bond acceptors (Lipinski definition) is 3. The maximum atomic E-state index is 13.1. The quantitative estimate of drug-likeness (QED) is 0.172. The highest BCUT2D eigenvalue weighted by atomic mass is 28.4. The van der Waals surface area contributed by atoms with Crippen molar-refractivity contribution in [2.75, 3.05) is 6.61 Å². The fourth-order valence-electron chi connectivity index (χ4n) is 3.95. The van der Waals surface area contributed by atoms with Crippen LogP contribution in [0.3, 0.4) is 0 Å². The topological polar surface area (TPSA) is 35.5 Å². The van der Waals surface area contributed by atoms with Crippen molar-refractivity contribution in [2.45, 2.75) is 138 Å². The molecule has 0 saturated heterocycles. The summed E-state index contributed by atoms with van der Waals surface area (Å²) in [5.74, 6) is -0.0445. The molecule has 0 spiro atoms. The third-order valence-electron chi connectivity index (χ3n) is 8.27. The van der Waals surface area contributed by atoms with Crippen LogP contribution in [0.5, 0.6) is 0 Å². The lowest BCUT2D eigenvalue weighted by molar-refractivity contribution is -0.164. The molecule has 2 atom stereocenters. The lowest BCUT2D eigenvalue weighted by Gasteiger charge is -2.44. The van der Waals surface area contributed by atoms with Crippen LogP contribution in [0.4, 0.5) is 0 Å². The van der Waals surface area contributed by atoms with Gasteiger partial charge in [0.05, 0.1) is 20.1 Å². The molecule has 0 aromatic carbocycles. The van der Waals surface area contributed by atoms with E-state index in [1.807, 2.05) is 0 Å². The second-order valence-corrected chi connectivity index (χ2v) is 24.0. The molecule has 2 unspecified atom stereocenters. The standard InChI is InChI=1S/C26H56O3Si2/c1-16-25(9,10)31(14,15)29-21(2)30(12,13)19-17-18-28-22(27)26(11,24(6,7)8)20-23(3,4)5/h21H,16-20H2,1-15H3. The Hall–Kier alpha value is -0.136. The Kier molecular flexibility index (Phi) is 10.4. The molecule has 0 rings (SSSR count). The summed E-state index contributed by atoms with van der Waals surface area (Å²) in [4.78, 5) is 13.1. The lowest BCUT2D eigenvalue weighted by atomic mass is 9.61. The number of ether oxygens (including phenoxy) is 1. The van der Waals surface area contributed by atoms with Gasteiger partial charge in [0.25, 0.3) is 0 Å². The summed E-state index contributed by atoms with van der Waals surface area (Å²) in [5, 5.41) is 0.270. The van der Waals surface area contributed by atoms with Crippen LogP contribution in [0.2, 0.25) is 37.3 Å². The number of carbonyl (C=O) groups is 1. The van der Waals surface area contributed by atoms with Gasteiger partial charge in [-0.1, -0.05) is 87.9 Å². The highest BCUT2D eigenvalue weighted by molar-refractivity contribution is 6.81. The van der Waals surface area contributed by atoms with Crippen molar-refractivity contribution in [1.82, 2.24) is 0 Å². The fourth-order valence-corrected chi connectivity index (χ4v) is 9.62. The molecule has 0 aromatic heterocycles. The predicted molar refractivity (Wildman–Crippen MR) is 142 cm³/mol. The second-order valence-electron chi connectivity index (χ2n) is 14.1. The summed E-state index contributed by atoms with van der Waals surface area (Å²) in [6.07, 6.45) is 2.89. The molecule has 0 fully saturated rings. The van der Waals surface area contributed by atoms with Crippen molar-refractivity contribution in [3.8, 4) is 0 Å². The van der Waals surface area contributed by atoms with E-state index < -0.39 is 21.8 Å². The minimum atomic E-state index is -1.79. The molecule has 0 aliphatic carbocycles. The van der Waals surface area contributed by atoms with Gasteiger partial charge in [-0.05, 0) is 55.7 Å². The van der Waals surface area contributed by atoms with Crippen LogP contribution < -0.4 is 0 Å². The monoisotopic (exact) mass is 472 g/mol. The second kappa shape index (κ2) is 10.4. The molecule has 0 heterocycles. The number of hydrogen-bond donors (Lipinski definition) is 0. The molecular weight excluding hydrogens is 416 g/mol. The smallest absolute Gasteiger partial charge is 0.312 e. The Morgan fingerprint density at radius 2 is 1.39 bits per heavy atom. The molecule has 0 radical (unpaired) electrons. The Labute approximate surface area is 197 Å². The summed E-state index contributed by atoms with van der Waals surface area (Å²) in [6.45, 7) is 34.5. The van der Waals surface area contributed by atoms with Gasteiger partial charge in [0.2, 0.25) is 0 Å². The minimum Gasteiger partial charge on any atom is -0.465 e. The molecule has 3 nitrogen and oxygen atoms in total. The van der Waals surface area contributed by atoms with Gasteiger partial charge < -0.3 is 9.16 Å². The third kappa shape index (κ3) is 8.62. The highest BCUT2D eigenvalue weighted by Crippen LogP contribution is 2.47. The predicted octanol–water partition coefficient (Wildman–Crippen LogP) is 8.46. The Morgan fingerprint density at radius 1 is 0.903 bits per heavy atom. The molecule has 0 bridgehead atoms. The van der Waals surface area contributed by atoms with Crippen LogP contribution in [0.1, 0.15) is 95.4 Å². The molecule has 0 aliphatic heterocycles. The van der Waals surface area contributed by atoms with E-state index in [4.69, 9.17) is 9.16 Å². The van der Waals surface area contributed by atoms with Crippen molar-refractivity contribution in [2.24, 2.45) is 16.2 Å². The van der Waals surface area contributed by atoms with Crippen LogP contribution in [-0.4, -0.2) is 34.7 Å². The van der Waals surface area contributed by atoms with Crippen LogP contribution in [0, 0.1) is 16.2 Å². The molecule has 0 N–H and O–H groups in total. The number of esters is 1. The summed E-state index contributed by atoms with van der Waals surface area (Å²) in [5.41, 5.74) is -0.242. The fraction of sp³-hybridized carbons (Fsp3) is 0.962. The molecular formula is C26H56O3Si2. The van der Waals surface area contributed by atoms with E-state index in [2.05, 4.69) is 102 Å². The van der Waals surface area contributed by atoms with Gasteiger partial charge >= 0.3 is 5.97 Å². The molecule has 0 aromatic rings. The Bertz CT molecular complexity index is 582. The summed E-state index contributed by atoms with van der Waals surface area (Å²) in [6, 6.07) is 1.12. The first-order valence-corrected chi connectivity index (χ1v) is 18.6. The van der Waals surface area contributed by atoms with E-state index in [0.717, 1.165) is 25.3 Å². The van der Waals surface area contributed by atoms with E-state index >= 15 is 0 Å². The first-order chi connectivity index (χ1) is 13.5. The molecule has 0 saturated carbocycles. The molecule has 31 heavy (non-hydrogen) atoms. The van der Waals surface area contributed by atoms with Crippen molar-refractivity contribution in [3.05, 3.63) is 0 Å². The SMILES string of the molecule is CCC(C)(C)[Si](C)(C)OC(C)[Si](C)(C)CCCOC(=O)C(C)(CC(C)(C)C)C(C)(C)C. The van der Waals surface area contributed by atoms with E-state index in [9.17, 15) is 4.79 Å².